The van der Waals surface area contributed by atoms with E-state index in [1.807, 2.05) is 17.0 Å². The summed E-state index contributed by atoms with van der Waals surface area (Å²) in [7, 11) is 0. The summed E-state index contributed by atoms with van der Waals surface area (Å²) in [5, 5.41) is 3.48. The maximum Gasteiger partial charge on any atom is 0.167 e. The van der Waals surface area contributed by atoms with E-state index in [0.29, 0.717) is 0 Å². The number of rotatable bonds is 5. The Bertz CT molecular complexity index is 826. The Morgan fingerprint density at radius 1 is 1.20 bits per heavy atom. The Balaban J connectivity index is 1.54. The summed E-state index contributed by atoms with van der Waals surface area (Å²) in [6, 6.07) is 10.7. The monoisotopic (exact) mass is 337 g/mol. The van der Waals surface area contributed by atoms with Crippen LogP contribution in [-0.2, 0) is 11.2 Å². The van der Waals surface area contributed by atoms with Crippen LogP contribution in [0.25, 0.3) is 11.2 Å². The van der Waals surface area contributed by atoms with Gasteiger partial charge in [-0.1, -0.05) is 30.3 Å². The normalized spacial score (nSPS) is 19.0. The van der Waals surface area contributed by atoms with Crippen molar-refractivity contribution < 1.29 is 4.74 Å². The van der Waals surface area contributed by atoms with E-state index in [4.69, 9.17) is 4.74 Å². The smallest absolute Gasteiger partial charge is 0.167 e. The molecule has 1 N–H and O–H groups in total. The van der Waals surface area contributed by atoms with Crippen LogP contribution in [0.3, 0.4) is 0 Å². The van der Waals surface area contributed by atoms with Gasteiger partial charge in [0.2, 0.25) is 0 Å². The predicted molar refractivity (Wildman–Crippen MR) is 97.4 cm³/mol. The second-order valence-corrected chi connectivity index (χ2v) is 6.60. The number of hydrogen-bond acceptors (Lipinski definition) is 5. The summed E-state index contributed by atoms with van der Waals surface area (Å²) in [6.45, 7) is 2.96. The van der Waals surface area contributed by atoms with Crippen LogP contribution < -0.4 is 5.32 Å². The van der Waals surface area contributed by atoms with E-state index in [1.54, 1.807) is 6.33 Å². The quantitative estimate of drug-likeness (QED) is 0.771. The molecule has 3 aromatic rings. The molecular weight excluding hydrogens is 314 g/mol. The van der Waals surface area contributed by atoms with E-state index in [-0.39, 0.29) is 12.3 Å². The van der Waals surface area contributed by atoms with Crippen molar-refractivity contribution >= 4 is 17.0 Å². The standard InChI is InChI=1S/C19H23N5O/c1-14(11-15-7-3-2-4-8-15)23-18-17-19(21-12-20-18)24(13-22-17)16-9-5-6-10-25-16/h2-4,7-8,12-14,16H,5-6,9-11H2,1H3,(H,20,21,23)/t14-,16?/m1/s1. The van der Waals surface area contributed by atoms with Crippen molar-refractivity contribution in [3.8, 4) is 0 Å². The second-order valence-electron chi connectivity index (χ2n) is 6.60. The minimum Gasteiger partial charge on any atom is -0.365 e. The molecule has 1 aromatic carbocycles. The molecule has 0 saturated carbocycles. The number of anilines is 1. The molecule has 2 atom stereocenters. The molecule has 130 valence electrons. The second kappa shape index (κ2) is 7.19. The van der Waals surface area contributed by atoms with Crippen LogP contribution in [-0.4, -0.2) is 32.2 Å². The number of hydrogen-bond donors (Lipinski definition) is 1. The Labute approximate surface area is 147 Å². The Kier molecular flexibility index (Phi) is 4.61. The van der Waals surface area contributed by atoms with Gasteiger partial charge in [0, 0.05) is 12.6 Å². The molecule has 0 bridgehead atoms. The van der Waals surface area contributed by atoms with E-state index >= 15 is 0 Å². The fourth-order valence-corrected chi connectivity index (χ4v) is 3.36. The first kappa shape index (κ1) is 16.0. The predicted octanol–water partition coefficient (Wildman–Crippen LogP) is 3.57. The average Bonchev–Trinajstić information content (AvgIpc) is 3.08. The van der Waals surface area contributed by atoms with Gasteiger partial charge in [0.25, 0.3) is 0 Å². The van der Waals surface area contributed by atoms with E-state index in [9.17, 15) is 0 Å². The molecule has 3 heterocycles. The van der Waals surface area contributed by atoms with E-state index in [0.717, 1.165) is 42.9 Å². The van der Waals surface area contributed by atoms with Crippen LogP contribution in [0.2, 0.25) is 0 Å². The zero-order valence-electron chi connectivity index (χ0n) is 14.4. The fourth-order valence-electron chi connectivity index (χ4n) is 3.36. The van der Waals surface area contributed by atoms with Gasteiger partial charge < -0.3 is 10.1 Å². The van der Waals surface area contributed by atoms with Gasteiger partial charge in [-0.25, -0.2) is 15.0 Å². The Hall–Kier alpha value is -2.47. The number of ether oxygens (including phenoxy) is 1. The van der Waals surface area contributed by atoms with Gasteiger partial charge in [-0.05, 0) is 38.2 Å². The van der Waals surface area contributed by atoms with Gasteiger partial charge in [0.1, 0.15) is 12.6 Å². The molecule has 1 unspecified atom stereocenters. The molecule has 6 nitrogen and oxygen atoms in total. The van der Waals surface area contributed by atoms with Crippen molar-refractivity contribution in [1.29, 1.82) is 0 Å². The van der Waals surface area contributed by atoms with Gasteiger partial charge >= 0.3 is 0 Å². The molecule has 1 saturated heterocycles. The lowest BCUT2D eigenvalue weighted by Gasteiger charge is -2.23. The zero-order valence-corrected chi connectivity index (χ0v) is 14.4. The third kappa shape index (κ3) is 3.49. The third-order valence-electron chi connectivity index (χ3n) is 4.59. The maximum absolute atomic E-state index is 5.87. The highest BCUT2D eigenvalue weighted by Crippen LogP contribution is 2.27. The summed E-state index contributed by atoms with van der Waals surface area (Å²) >= 11 is 0. The average molecular weight is 337 g/mol. The third-order valence-corrected chi connectivity index (χ3v) is 4.59. The van der Waals surface area contributed by atoms with Crippen molar-refractivity contribution in [3.63, 3.8) is 0 Å². The molecule has 4 rings (SSSR count). The molecule has 2 aromatic heterocycles. The molecule has 1 aliphatic rings. The van der Waals surface area contributed by atoms with E-state index < -0.39 is 0 Å². The zero-order chi connectivity index (χ0) is 17.1. The largest absolute Gasteiger partial charge is 0.365 e. The minimum absolute atomic E-state index is 0.0308. The van der Waals surface area contributed by atoms with Crippen molar-refractivity contribution in [2.75, 3.05) is 11.9 Å². The first-order valence-corrected chi connectivity index (χ1v) is 8.91. The van der Waals surface area contributed by atoms with Crippen molar-refractivity contribution in [2.45, 2.75) is 44.9 Å². The lowest BCUT2D eigenvalue weighted by Crippen LogP contribution is -2.20. The van der Waals surface area contributed by atoms with Crippen LogP contribution in [0.15, 0.2) is 43.0 Å². The molecule has 6 heteroatoms. The van der Waals surface area contributed by atoms with E-state index in [1.165, 1.54) is 12.0 Å². The number of aromatic nitrogens is 4. The summed E-state index contributed by atoms with van der Waals surface area (Å²) in [6.07, 6.45) is 7.68. The highest BCUT2D eigenvalue weighted by atomic mass is 16.5. The molecule has 0 radical (unpaired) electrons. The molecule has 25 heavy (non-hydrogen) atoms. The van der Waals surface area contributed by atoms with Crippen molar-refractivity contribution in [1.82, 2.24) is 19.5 Å². The van der Waals surface area contributed by atoms with Crippen LogP contribution in [0.5, 0.6) is 0 Å². The fraction of sp³-hybridized carbons (Fsp3) is 0.421. The summed E-state index contributed by atoms with van der Waals surface area (Å²) in [4.78, 5) is 13.4. The number of benzene rings is 1. The summed E-state index contributed by atoms with van der Waals surface area (Å²) in [5.74, 6) is 0.781. The van der Waals surface area contributed by atoms with Gasteiger partial charge in [0.05, 0.1) is 6.33 Å². The molecule has 0 aliphatic carbocycles. The Morgan fingerprint density at radius 2 is 2.08 bits per heavy atom. The van der Waals surface area contributed by atoms with E-state index in [2.05, 4.69) is 51.5 Å². The number of nitrogens with zero attached hydrogens (tertiary/aromatic N) is 4. The molecule has 0 spiro atoms. The van der Waals surface area contributed by atoms with Gasteiger partial charge in [-0.2, -0.15) is 0 Å². The minimum atomic E-state index is 0.0308. The lowest BCUT2D eigenvalue weighted by atomic mass is 10.1. The Morgan fingerprint density at radius 3 is 2.88 bits per heavy atom. The van der Waals surface area contributed by atoms with Gasteiger partial charge in [0.15, 0.2) is 17.0 Å². The lowest BCUT2D eigenvalue weighted by molar-refractivity contribution is -0.0298. The number of imidazole rings is 1. The first-order valence-electron chi connectivity index (χ1n) is 8.91. The number of nitrogens with one attached hydrogen (secondary N) is 1. The maximum atomic E-state index is 5.87. The molecule has 1 aliphatic heterocycles. The first-order chi connectivity index (χ1) is 12.3. The topological polar surface area (TPSA) is 64.9 Å². The highest BCUT2D eigenvalue weighted by molar-refractivity contribution is 5.82. The van der Waals surface area contributed by atoms with Crippen molar-refractivity contribution in [3.05, 3.63) is 48.5 Å². The number of fused-ring (bicyclic) bond motifs is 1. The van der Waals surface area contributed by atoms with Gasteiger partial charge in [-0.3, -0.25) is 4.57 Å². The van der Waals surface area contributed by atoms with Crippen molar-refractivity contribution in [2.24, 2.45) is 0 Å². The molecular formula is C19H23N5O. The van der Waals surface area contributed by atoms with Crippen LogP contribution >= 0.6 is 0 Å². The summed E-state index contributed by atoms with van der Waals surface area (Å²) < 4.78 is 7.90. The highest BCUT2D eigenvalue weighted by Gasteiger charge is 2.20. The molecule has 1 fully saturated rings. The molecule has 0 amide bonds. The SMILES string of the molecule is C[C@H](Cc1ccccc1)Nc1ncnc2c1ncn2C1CCCCO1. The summed E-state index contributed by atoms with van der Waals surface area (Å²) in [5.41, 5.74) is 2.93. The van der Waals surface area contributed by atoms with Crippen LogP contribution in [0.1, 0.15) is 38.0 Å². The van der Waals surface area contributed by atoms with Gasteiger partial charge in [-0.15, -0.1) is 0 Å². The van der Waals surface area contributed by atoms with Crippen LogP contribution in [0, 0.1) is 0 Å². The van der Waals surface area contributed by atoms with Crippen LogP contribution in [0.4, 0.5) is 5.82 Å².